The van der Waals surface area contributed by atoms with Crippen molar-refractivity contribution in [1.29, 1.82) is 0 Å². The van der Waals surface area contributed by atoms with Gasteiger partial charge in [-0.25, -0.2) is 9.67 Å². The number of carbonyl (C=O) groups excluding carboxylic acids is 2. The lowest BCUT2D eigenvalue weighted by Gasteiger charge is -2.35. The Balaban J connectivity index is 1.44. The molecule has 0 saturated heterocycles. The van der Waals surface area contributed by atoms with Gasteiger partial charge in [0.15, 0.2) is 5.82 Å². The molecule has 0 spiro atoms. The highest BCUT2D eigenvalue weighted by atomic mass is 16.2. The van der Waals surface area contributed by atoms with Crippen LogP contribution in [-0.2, 0) is 4.79 Å². The van der Waals surface area contributed by atoms with Crippen LogP contribution in [0.2, 0.25) is 0 Å². The molecule has 194 valence electrons. The summed E-state index contributed by atoms with van der Waals surface area (Å²) in [6.45, 7) is 11.7. The van der Waals surface area contributed by atoms with Gasteiger partial charge in [-0.1, -0.05) is 32.9 Å². The van der Waals surface area contributed by atoms with Crippen LogP contribution < -0.4 is 5.32 Å². The lowest BCUT2D eigenvalue weighted by atomic mass is 9.88. The normalized spacial score (nSPS) is 15.8. The summed E-state index contributed by atoms with van der Waals surface area (Å²) in [5.74, 6) is 0.594. The van der Waals surface area contributed by atoms with Crippen LogP contribution in [0.15, 0.2) is 42.9 Å². The zero-order chi connectivity index (χ0) is 26.9. The molecule has 1 aliphatic carbocycles. The fourth-order valence-corrected chi connectivity index (χ4v) is 4.71. The summed E-state index contributed by atoms with van der Waals surface area (Å²) in [6.07, 6.45) is 9.81. The Morgan fingerprint density at radius 3 is 2.43 bits per heavy atom. The quantitative estimate of drug-likeness (QED) is 0.514. The summed E-state index contributed by atoms with van der Waals surface area (Å²) in [6, 6.07) is 5.99. The average Bonchev–Trinajstić information content (AvgIpc) is 3.24. The molecule has 8 nitrogen and oxygen atoms in total. The van der Waals surface area contributed by atoms with Crippen LogP contribution in [0.1, 0.15) is 72.9 Å². The Hall–Kier alpha value is -3.81. The van der Waals surface area contributed by atoms with Crippen LogP contribution in [0.3, 0.4) is 0 Å². The highest BCUT2D eigenvalue weighted by Gasteiger charge is 2.30. The van der Waals surface area contributed by atoms with Gasteiger partial charge in [0.25, 0.3) is 5.91 Å². The van der Waals surface area contributed by atoms with E-state index in [-0.39, 0.29) is 23.3 Å². The fraction of sp³-hybridized carbons (Fsp3) is 0.414. The molecule has 1 aliphatic rings. The van der Waals surface area contributed by atoms with Crippen molar-refractivity contribution in [3.8, 4) is 5.82 Å². The Kier molecular flexibility index (Phi) is 7.30. The maximum absolute atomic E-state index is 13.0. The molecule has 3 aromatic rings. The zero-order valence-corrected chi connectivity index (χ0v) is 22.8. The third-order valence-electron chi connectivity index (χ3n) is 6.90. The number of hydrogen-bond donors (Lipinski definition) is 1. The summed E-state index contributed by atoms with van der Waals surface area (Å²) >= 11 is 0. The molecular formula is C29H36N6O2. The topological polar surface area (TPSA) is 93.0 Å². The van der Waals surface area contributed by atoms with E-state index in [0.29, 0.717) is 22.8 Å². The molecule has 0 bridgehead atoms. The van der Waals surface area contributed by atoms with Crippen LogP contribution >= 0.6 is 0 Å². The first-order valence-corrected chi connectivity index (χ1v) is 12.7. The number of aromatic nitrogens is 4. The highest BCUT2D eigenvalue weighted by molar-refractivity contribution is 6.05. The van der Waals surface area contributed by atoms with Crippen molar-refractivity contribution >= 4 is 23.1 Å². The van der Waals surface area contributed by atoms with E-state index in [1.54, 1.807) is 23.3 Å². The minimum absolute atomic E-state index is 0.166. The number of anilines is 1. The highest BCUT2D eigenvalue weighted by Crippen LogP contribution is 2.32. The molecule has 1 N–H and O–H groups in total. The summed E-state index contributed by atoms with van der Waals surface area (Å²) in [4.78, 5) is 36.6. The Labute approximate surface area is 218 Å². The third kappa shape index (κ3) is 5.63. The van der Waals surface area contributed by atoms with Gasteiger partial charge in [0, 0.05) is 24.7 Å². The Morgan fingerprint density at radius 2 is 1.84 bits per heavy atom. The molecule has 37 heavy (non-hydrogen) atoms. The predicted octanol–water partition coefficient (Wildman–Crippen LogP) is 5.28. The average molecular weight is 501 g/mol. The first kappa shape index (κ1) is 26.3. The van der Waals surface area contributed by atoms with Crippen molar-refractivity contribution in [2.75, 3.05) is 12.4 Å². The first-order chi connectivity index (χ1) is 17.5. The van der Waals surface area contributed by atoms with Crippen molar-refractivity contribution in [2.45, 2.75) is 66.8 Å². The van der Waals surface area contributed by atoms with Gasteiger partial charge in [-0.3, -0.25) is 14.6 Å². The Morgan fingerprint density at radius 1 is 1.08 bits per heavy atom. The number of nitrogens with zero attached hydrogens (tertiary/aromatic N) is 5. The van der Waals surface area contributed by atoms with Gasteiger partial charge in [0.05, 0.1) is 35.0 Å². The molecule has 0 aromatic carbocycles. The van der Waals surface area contributed by atoms with Crippen LogP contribution in [0.5, 0.6) is 0 Å². The van der Waals surface area contributed by atoms with E-state index in [1.807, 2.05) is 71.7 Å². The summed E-state index contributed by atoms with van der Waals surface area (Å²) < 4.78 is 1.66. The molecule has 1 unspecified atom stereocenters. The van der Waals surface area contributed by atoms with E-state index in [1.165, 1.54) is 5.57 Å². The Bertz CT molecular complexity index is 1350. The second-order valence-corrected chi connectivity index (χ2v) is 10.9. The molecule has 3 heterocycles. The van der Waals surface area contributed by atoms with Crippen molar-refractivity contribution in [3.05, 3.63) is 70.9 Å². The minimum atomic E-state index is -0.383. The van der Waals surface area contributed by atoms with E-state index >= 15 is 0 Å². The van der Waals surface area contributed by atoms with Crippen molar-refractivity contribution in [3.63, 3.8) is 0 Å². The number of allylic oxidation sites excluding steroid dienone is 1. The van der Waals surface area contributed by atoms with E-state index in [9.17, 15) is 9.59 Å². The van der Waals surface area contributed by atoms with Crippen LogP contribution in [0, 0.1) is 26.2 Å². The van der Waals surface area contributed by atoms with E-state index in [0.717, 1.165) is 36.1 Å². The summed E-state index contributed by atoms with van der Waals surface area (Å²) in [5.41, 5.74) is 5.64. The van der Waals surface area contributed by atoms with E-state index in [4.69, 9.17) is 0 Å². The predicted molar refractivity (Wildman–Crippen MR) is 146 cm³/mol. The molecule has 0 radical (unpaired) electrons. The standard InChI is InChI=1S/C29H36N6O2/c1-18-8-13-25(30-15-18)35-20(3)24(17-32-35)27(36)33-22-14-19(2)26(31-16-22)21-9-11-23(12-10-21)34(7)28(37)29(4,5)6/h8-9,13-17,23H,10-12H2,1-7H3,(H,33,36). The van der Waals surface area contributed by atoms with Crippen molar-refractivity contribution in [2.24, 2.45) is 5.41 Å². The van der Waals surface area contributed by atoms with Gasteiger partial charge in [-0.2, -0.15) is 5.10 Å². The number of amides is 2. The monoisotopic (exact) mass is 500 g/mol. The van der Waals surface area contributed by atoms with Crippen LogP contribution in [0.4, 0.5) is 5.69 Å². The largest absolute Gasteiger partial charge is 0.342 e. The number of rotatable bonds is 5. The molecule has 1 atom stereocenters. The molecule has 0 aliphatic heterocycles. The van der Waals surface area contributed by atoms with Gasteiger partial charge in [-0.15, -0.1) is 0 Å². The summed E-state index contributed by atoms with van der Waals surface area (Å²) in [5, 5.41) is 7.31. The molecule has 0 saturated carbocycles. The number of carbonyl (C=O) groups is 2. The van der Waals surface area contributed by atoms with Crippen molar-refractivity contribution < 1.29 is 9.59 Å². The molecule has 8 heteroatoms. The van der Waals surface area contributed by atoms with Gasteiger partial charge < -0.3 is 10.2 Å². The molecule has 2 amide bonds. The van der Waals surface area contributed by atoms with E-state index < -0.39 is 0 Å². The number of hydrogen-bond acceptors (Lipinski definition) is 5. The van der Waals surface area contributed by atoms with Gasteiger partial charge >= 0.3 is 0 Å². The van der Waals surface area contributed by atoms with E-state index in [2.05, 4.69) is 26.5 Å². The smallest absolute Gasteiger partial charge is 0.259 e. The molecular weight excluding hydrogens is 464 g/mol. The first-order valence-electron chi connectivity index (χ1n) is 12.7. The fourth-order valence-electron chi connectivity index (χ4n) is 4.71. The molecule has 3 aromatic heterocycles. The van der Waals surface area contributed by atoms with Crippen molar-refractivity contribution in [1.82, 2.24) is 24.6 Å². The van der Waals surface area contributed by atoms with Crippen LogP contribution in [-0.4, -0.2) is 49.6 Å². The second-order valence-electron chi connectivity index (χ2n) is 10.9. The lowest BCUT2D eigenvalue weighted by Crippen LogP contribution is -2.43. The number of nitrogens with one attached hydrogen (secondary N) is 1. The summed E-state index contributed by atoms with van der Waals surface area (Å²) in [7, 11) is 1.90. The number of pyridine rings is 2. The second kappa shape index (κ2) is 10.3. The number of aryl methyl sites for hydroxylation is 2. The molecule has 0 fully saturated rings. The minimum Gasteiger partial charge on any atom is -0.342 e. The van der Waals surface area contributed by atoms with Gasteiger partial charge in [0.1, 0.15) is 0 Å². The SMILES string of the molecule is Cc1ccc(-n2ncc(C(=O)Nc3cnc(C4=CCC(N(C)C(=O)C(C)(C)C)CC4)c(C)c3)c2C)nc1. The maximum atomic E-state index is 13.0. The maximum Gasteiger partial charge on any atom is 0.259 e. The zero-order valence-electron chi connectivity index (χ0n) is 22.8. The van der Waals surface area contributed by atoms with Crippen LogP contribution in [0.25, 0.3) is 11.4 Å². The lowest BCUT2D eigenvalue weighted by molar-refractivity contribution is -0.140. The molecule has 4 rings (SSSR count). The van der Waals surface area contributed by atoms with Gasteiger partial charge in [-0.05, 0) is 68.9 Å². The third-order valence-corrected chi connectivity index (χ3v) is 6.90. The van der Waals surface area contributed by atoms with Gasteiger partial charge in [0.2, 0.25) is 5.91 Å².